The van der Waals surface area contributed by atoms with E-state index in [1.54, 1.807) is 0 Å². The number of rotatable bonds is 5. The van der Waals surface area contributed by atoms with Gasteiger partial charge in [0.25, 0.3) is 0 Å². The van der Waals surface area contributed by atoms with Crippen molar-refractivity contribution in [1.29, 1.82) is 0 Å². The van der Waals surface area contributed by atoms with Crippen LogP contribution in [0.1, 0.15) is 12.8 Å². The number of halogens is 2. The fraction of sp³-hybridized carbons (Fsp3) is 0.500. The molecule has 0 amide bonds. The number of carboxylic acids is 3. The van der Waals surface area contributed by atoms with Crippen molar-refractivity contribution in [3.8, 4) is 0 Å². The monoisotopic (exact) mass is 286 g/mol. The summed E-state index contributed by atoms with van der Waals surface area (Å²) < 4.78 is 0. The summed E-state index contributed by atoms with van der Waals surface area (Å²) in [5, 5.41) is 33.8. The van der Waals surface area contributed by atoms with Crippen LogP contribution in [0.15, 0.2) is 0 Å². The van der Waals surface area contributed by atoms with Crippen LogP contribution < -0.4 is 42.0 Å². The molecule has 0 saturated heterocycles. The van der Waals surface area contributed by atoms with E-state index in [4.69, 9.17) is 20.4 Å². The fourth-order valence-corrected chi connectivity index (χ4v) is 0.714. The van der Waals surface area contributed by atoms with Crippen LogP contribution in [-0.2, 0) is 14.4 Å². The summed E-state index contributed by atoms with van der Waals surface area (Å²) >= 11 is 0. The van der Waals surface area contributed by atoms with Gasteiger partial charge in [-0.05, 0) is 0 Å². The Balaban J connectivity index is -0.000000240. The SMILES string of the molecule is Cl.O=C(O)CC(O)(CC(=O)O)C(=O)O.[Cl-].[Na+]. The predicted octanol–water partition coefficient (Wildman–Crippen LogP) is -6.82. The topological polar surface area (TPSA) is 132 Å². The largest absolute Gasteiger partial charge is 1.00 e. The van der Waals surface area contributed by atoms with E-state index in [1.807, 2.05) is 0 Å². The van der Waals surface area contributed by atoms with Gasteiger partial charge in [0, 0.05) is 0 Å². The Morgan fingerprint density at radius 3 is 1.31 bits per heavy atom. The summed E-state index contributed by atoms with van der Waals surface area (Å²) in [6, 6.07) is 0. The average Bonchev–Trinajstić information content (AvgIpc) is 1.82. The van der Waals surface area contributed by atoms with Crippen molar-refractivity contribution in [2.24, 2.45) is 0 Å². The van der Waals surface area contributed by atoms with E-state index < -0.39 is 36.4 Å². The number of carboxylic acid groups (broad SMARTS) is 3. The molecular weight excluding hydrogens is 278 g/mol. The van der Waals surface area contributed by atoms with Crippen molar-refractivity contribution in [3.63, 3.8) is 0 Å². The molecule has 7 nitrogen and oxygen atoms in total. The third-order valence-electron chi connectivity index (χ3n) is 1.29. The first-order valence-corrected chi connectivity index (χ1v) is 3.17. The van der Waals surface area contributed by atoms with E-state index in [0.717, 1.165) is 0 Å². The predicted molar refractivity (Wildman–Crippen MR) is 44.3 cm³/mol. The zero-order valence-corrected chi connectivity index (χ0v) is 11.8. The molecule has 0 atom stereocenters. The van der Waals surface area contributed by atoms with Crippen LogP contribution in [0, 0.1) is 0 Å². The molecular formula is C6H9Cl2NaO7. The Morgan fingerprint density at radius 2 is 1.19 bits per heavy atom. The molecule has 4 N–H and O–H groups in total. The number of hydrogen-bond donors (Lipinski definition) is 4. The van der Waals surface area contributed by atoms with Gasteiger partial charge in [-0.2, -0.15) is 0 Å². The maximum absolute atomic E-state index is 10.3. The van der Waals surface area contributed by atoms with Gasteiger partial charge in [-0.1, -0.05) is 0 Å². The molecule has 0 bridgehead atoms. The van der Waals surface area contributed by atoms with Gasteiger partial charge in [0.1, 0.15) is 0 Å². The maximum atomic E-state index is 10.3. The van der Waals surface area contributed by atoms with Gasteiger partial charge in [0.2, 0.25) is 0 Å². The maximum Gasteiger partial charge on any atom is 1.00 e. The van der Waals surface area contributed by atoms with Crippen LogP contribution in [0.5, 0.6) is 0 Å². The van der Waals surface area contributed by atoms with Crippen LogP contribution in [0.25, 0.3) is 0 Å². The zero-order chi connectivity index (χ0) is 10.6. The zero-order valence-electron chi connectivity index (χ0n) is 8.21. The van der Waals surface area contributed by atoms with Crippen molar-refractivity contribution in [2.75, 3.05) is 0 Å². The van der Waals surface area contributed by atoms with Crippen LogP contribution in [0.3, 0.4) is 0 Å². The minimum absolute atomic E-state index is 0. The second-order valence-corrected chi connectivity index (χ2v) is 2.48. The molecule has 0 aromatic heterocycles. The molecule has 0 aliphatic rings. The van der Waals surface area contributed by atoms with Crippen molar-refractivity contribution >= 4 is 30.3 Å². The number of carbonyl (C=O) groups is 3. The molecule has 90 valence electrons. The molecule has 0 aromatic carbocycles. The van der Waals surface area contributed by atoms with Crippen molar-refractivity contribution in [1.82, 2.24) is 0 Å². The average molecular weight is 287 g/mol. The fourth-order valence-electron chi connectivity index (χ4n) is 0.714. The molecule has 0 radical (unpaired) electrons. The van der Waals surface area contributed by atoms with E-state index in [1.165, 1.54) is 0 Å². The number of aliphatic hydroxyl groups is 1. The summed E-state index contributed by atoms with van der Waals surface area (Å²) in [4.78, 5) is 30.5. The summed E-state index contributed by atoms with van der Waals surface area (Å²) in [5.41, 5.74) is -2.74. The Labute approximate surface area is 125 Å². The third kappa shape index (κ3) is 9.20. The quantitative estimate of drug-likeness (QED) is 0.369. The van der Waals surface area contributed by atoms with Gasteiger partial charge in [0.05, 0.1) is 12.8 Å². The molecule has 0 spiro atoms. The van der Waals surface area contributed by atoms with Gasteiger partial charge in [-0.15, -0.1) is 12.4 Å². The smallest absolute Gasteiger partial charge is 1.00 e. The van der Waals surface area contributed by atoms with Crippen LogP contribution >= 0.6 is 12.4 Å². The Morgan fingerprint density at radius 1 is 0.938 bits per heavy atom. The van der Waals surface area contributed by atoms with Crippen molar-refractivity contribution < 1.29 is 76.8 Å². The molecule has 16 heavy (non-hydrogen) atoms. The first kappa shape index (κ1) is 25.0. The van der Waals surface area contributed by atoms with Crippen LogP contribution in [-0.4, -0.2) is 43.9 Å². The van der Waals surface area contributed by atoms with E-state index in [-0.39, 0.29) is 54.4 Å². The molecule has 10 heteroatoms. The standard InChI is InChI=1S/C6H8O7.2ClH.Na/c7-3(8)1-6(13,5(11)12)2-4(9)10;;;/h13H,1-2H2,(H,7,8)(H,9,10)(H,11,12);2*1H;/q;;;+1/p-1. The van der Waals surface area contributed by atoms with Crippen LogP contribution in [0.4, 0.5) is 0 Å². The first-order valence-electron chi connectivity index (χ1n) is 3.17. The molecule has 0 aliphatic heterocycles. The van der Waals surface area contributed by atoms with E-state index >= 15 is 0 Å². The minimum Gasteiger partial charge on any atom is -1.00 e. The molecule has 0 saturated carbocycles. The number of aliphatic carboxylic acids is 3. The molecule has 0 aromatic rings. The van der Waals surface area contributed by atoms with E-state index in [2.05, 4.69) is 0 Å². The molecule has 0 heterocycles. The normalized spacial score (nSPS) is 8.81. The molecule has 0 fully saturated rings. The minimum atomic E-state index is -2.74. The summed E-state index contributed by atoms with van der Waals surface area (Å²) in [7, 11) is 0. The molecule has 0 aliphatic carbocycles. The third-order valence-corrected chi connectivity index (χ3v) is 1.29. The summed E-state index contributed by atoms with van der Waals surface area (Å²) in [6.45, 7) is 0. The van der Waals surface area contributed by atoms with Gasteiger partial charge in [-0.3, -0.25) is 9.59 Å². The summed E-state index contributed by atoms with van der Waals surface area (Å²) in [5.74, 6) is -5.02. The van der Waals surface area contributed by atoms with Gasteiger partial charge < -0.3 is 32.8 Å². The Bertz CT molecular complexity index is 241. The van der Waals surface area contributed by atoms with Gasteiger partial charge in [0.15, 0.2) is 5.60 Å². The summed E-state index contributed by atoms with van der Waals surface area (Å²) in [6.07, 6.45) is -2.29. The molecule has 0 unspecified atom stereocenters. The van der Waals surface area contributed by atoms with Crippen molar-refractivity contribution in [2.45, 2.75) is 18.4 Å². The molecule has 0 rings (SSSR count). The Kier molecular flexibility index (Phi) is 15.8. The van der Waals surface area contributed by atoms with E-state index in [9.17, 15) is 14.4 Å². The second-order valence-electron chi connectivity index (χ2n) is 2.48. The van der Waals surface area contributed by atoms with Crippen molar-refractivity contribution in [3.05, 3.63) is 0 Å². The van der Waals surface area contributed by atoms with Crippen LogP contribution in [0.2, 0.25) is 0 Å². The van der Waals surface area contributed by atoms with Gasteiger partial charge >= 0.3 is 47.5 Å². The van der Waals surface area contributed by atoms with Gasteiger partial charge in [-0.25, -0.2) is 4.79 Å². The van der Waals surface area contributed by atoms with E-state index in [0.29, 0.717) is 0 Å². The second kappa shape index (κ2) is 10.1. The Hall–Kier alpha value is -0.0500. The first-order chi connectivity index (χ1) is 5.78. The number of hydrogen-bond acceptors (Lipinski definition) is 4.